The quantitative estimate of drug-likeness (QED) is 0.636. The first-order valence-electron chi connectivity index (χ1n) is 6.09. The Morgan fingerprint density at radius 1 is 1.40 bits per heavy atom. The average Bonchev–Trinajstić information content (AvgIpc) is 2.36. The number of hydrogen-bond donors (Lipinski definition) is 1. The van der Waals surface area contributed by atoms with Gasteiger partial charge in [-0.1, -0.05) is 19.4 Å². The highest BCUT2D eigenvalue weighted by Gasteiger charge is 2.34. The zero-order valence-corrected chi connectivity index (χ0v) is 10.9. The maximum Gasteiger partial charge on any atom is 0.419 e. The van der Waals surface area contributed by atoms with E-state index in [0.717, 1.165) is 24.6 Å². The summed E-state index contributed by atoms with van der Waals surface area (Å²) in [5, 5.41) is 8.47. The van der Waals surface area contributed by atoms with Crippen molar-refractivity contribution < 1.29 is 27.8 Å². The molecule has 1 rings (SSSR count). The summed E-state index contributed by atoms with van der Waals surface area (Å²) in [4.78, 5) is 10.4. The first kappa shape index (κ1) is 16.1. The van der Waals surface area contributed by atoms with E-state index in [1.54, 1.807) is 0 Å². The summed E-state index contributed by atoms with van der Waals surface area (Å²) < 4.78 is 43.9. The minimum absolute atomic E-state index is 0.155. The van der Waals surface area contributed by atoms with Gasteiger partial charge in [-0.3, -0.25) is 0 Å². The van der Waals surface area contributed by atoms with Crippen LogP contribution in [-0.2, 0) is 11.0 Å². The Balaban J connectivity index is 3.04. The molecule has 1 aromatic carbocycles. The zero-order chi connectivity index (χ0) is 15.2. The molecular weight excluding hydrogens is 273 g/mol. The van der Waals surface area contributed by atoms with Crippen LogP contribution in [0.3, 0.4) is 0 Å². The van der Waals surface area contributed by atoms with Gasteiger partial charge in [0.15, 0.2) is 0 Å². The molecule has 0 aliphatic heterocycles. The second-order valence-corrected chi connectivity index (χ2v) is 4.13. The van der Waals surface area contributed by atoms with Gasteiger partial charge in [-0.15, -0.1) is 0 Å². The third kappa shape index (κ3) is 4.95. The SMILES string of the molecule is CCCCOc1ccc(C=CC(=O)O)cc1C(F)(F)F. The van der Waals surface area contributed by atoms with Gasteiger partial charge in [-0.2, -0.15) is 13.2 Å². The molecule has 0 spiro atoms. The summed E-state index contributed by atoms with van der Waals surface area (Å²) in [6.45, 7) is 2.12. The Morgan fingerprint density at radius 2 is 2.10 bits per heavy atom. The summed E-state index contributed by atoms with van der Waals surface area (Å²) in [6.07, 6.45) is -1.17. The molecule has 0 aliphatic carbocycles. The monoisotopic (exact) mass is 288 g/mol. The topological polar surface area (TPSA) is 46.5 Å². The van der Waals surface area contributed by atoms with Crippen LogP contribution in [0.25, 0.3) is 6.08 Å². The van der Waals surface area contributed by atoms with Gasteiger partial charge in [-0.05, 0) is 30.2 Å². The van der Waals surface area contributed by atoms with Crippen LogP contribution in [0.15, 0.2) is 24.3 Å². The highest BCUT2D eigenvalue weighted by Crippen LogP contribution is 2.37. The molecule has 1 N–H and O–H groups in total. The minimum Gasteiger partial charge on any atom is -0.493 e. The molecule has 0 aromatic heterocycles. The number of ether oxygens (including phenoxy) is 1. The normalized spacial score (nSPS) is 11.8. The second kappa shape index (κ2) is 6.98. The van der Waals surface area contributed by atoms with Crippen LogP contribution >= 0.6 is 0 Å². The number of carbonyl (C=O) groups is 1. The molecule has 0 saturated carbocycles. The van der Waals surface area contributed by atoms with Crippen molar-refractivity contribution in [2.75, 3.05) is 6.61 Å². The van der Waals surface area contributed by atoms with Crippen LogP contribution < -0.4 is 4.74 Å². The molecule has 6 heteroatoms. The Bertz CT molecular complexity index is 493. The van der Waals surface area contributed by atoms with Gasteiger partial charge in [0.05, 0.1) is 12.2 Å². The average molecular weight is 288 g/mol. The number of benzene rings is 1. The lowest BCUT2D eigenvalue weighted by Gasteiger charge is -2.14. The number of halogens is 3. The number of hydrogen-bond acceptors (Lipinski definition) is 2. The molecule has 0 heterocycles. The van der Waals surface area contributed by atoms with Gasteiger partial charge in [0.25, 0.3) is 0 Å². The third-order valence-electron chi connectivity index (χ3n) is 2.48. The Hall–Kier alpha value is -1.98. The fourth-order valence-electron chi connectivity index (χ4n) is 1.49. The van der Waals surface area contributed by atoms with Crippen molar-refractivity contribution >= 4 is 12.0 Å². The van der Waals surface area contributed by atoms with E-state index in [2.05, 4.69) is 0 Å². The van der Waals surface area contributed by atoms with Gasteiger partial charge in [-0.25, -0.2) is 4.79 Å². The number of carboxylic acids is 1. The molecule has 20 heavy (non-hydrogen) atoms. The molecule has 0 bridgehead atoms. The maximum atomic E-state index is 12.9. The fourth-order valence-corrected chi connectivity index (χ4v) is 1.49. The van der Waals surface area contributed by atoms with Gasteiger partial charge in [0, 0.05) is 6.08 Å². The van der Waals surface area contributed by atoms with Crippen LogP contribution in [0.1, 0.15) is 30.9 Å². The van der Waals surface area contributed by atoms with Crippen LogP contribution in [0.5, 0.6) is 5.75 Å². The van der Waals surface area contributed by atoms with Crippen molar-refractivity contribution in [3.63, 3.8) is 0 Å². The Kier molecular flexibility index (Phi) is 5.61. The Labute approximate surface area is 114 Å². The molecule has 0 aliphatic rings. The largest absolute Gasteiger partial charge is 0.493 e. The molecular formula is C14H15F3O3. The van der Waals surface area contributed by atoms with Gasteiger partial charge >= 0.3 is 12.1 Å². The fraction of sp³-hybridized carbons (Fsp3) is 0.357. The first-order chi connectivity index (χ1) is 9.34. The molecule has 0 atom stereocenters. The second-order valence-electron chi connectivity index (χ2n) is 4.13. The van der Waals surface area contributed by atoms with E-state index >= 15 is 0 Å². The first-order valence-corrected chi connectivity index (χ1v) is 6.09. The van der Waals surface area contributed by atoms with Crippen LogP contribution in [0, 0.1) is 0 Å². The third-order valence-corrected chi connectivity index (χ3v) is 2.48. The predicted molar refractivity (Wildman–Crippen MR) is 68.5 cm³/mol. The molecule has 0 unspecified atom stereocenters. The van der Waals surface area contributed by atoms with E-state index in [0.29, 0.717) is 6.42 Å². The molecule has 3 nitrogen and oxygen atoms in total. The van der Waals surface area contributed by atoms with Crippen LogP contribution in [-0.4, -0.2) is 17.7 Å². The predicted octanol–water partition coefficient (Wildman–Crippen LogP) is 3.98. The van der Waals surface area contributed by atoms with Crippen LogP contribution in [0.4, 0.5) is 13.2 Å². The number of unbranched alkanes of at least 4 members (excludes halogenated alkanes) is 1. The summed E-state index contributed by atoms with van der Waals surface area (Å²) in [7, 11) is 0. The molecule has 110 valence electrons. The van der Waals surface area contributed by atoms with Crippen LogP contribution in [0.2, 0.25) is 0 Å². The van der Waals surface area contributed by atoms with Gasteiger partial charge < -0.3 is 9.84 Å². The lowest BCUT2D eigenvalue weighted by atomic mass is 10.1. The standard InChI is InChI=1S/C14H15F3O3/c1-2-3-8-20-12-6-4-10(5-7-13(18)19)9-11(12)14(15,16)17/h4-7,9H,2-3,8H2,1H3,(H,18,19). The Morgan fingerprint density at radius 3 is 2.65 bits per heavy atom. The van der Waals surface area contributed by atoms with Gasteiger partial charge in [0.2, 0.25) is 0 Å². The van der Waals surface area contributed by atoms with E-state index < -0.39 is 17.7 Å². The zero-order valence-electron chi connectivity index (χ0n) is 10.9. The molecule has 0 radical (unpaired) electrons. The molecule has 1 aromatic rings. The van der Waals surface area contributed by atoms with Gasteiger partial charge in [0.1, 0.15) is 5.75 Å². The van der Waals surface area contributed by atoms with Crippen molar-refractivity contribution in [3.8, 4) is 5.75 Å². The smallest absolute Gasteiger partial charge is 0.419 e. The molecule has 0 saturated heterocycles. The van der Waals surface area contributed by atoms with Crippen molar-refractivity contribution in [2.24, 2.45) is 0 Å². The minimum atomic E-state index is -4.55. The summed E-state index contributed by atoms with van der Waals surface area (Å²) >= 11 is 0. The van der Waals surface area contributed by atoms with E-state index in [1.807, 2.05) is 6.92 Å². The highest BCUT2D eigenvalue weighted by atomic mass is 19.4. The number of aliphatic carboxylic acids is 1. The lowest BCUT2D eigenvalue weighted by Crippen LogP contribution is -2.09. The number of rotatable bonds is 6. The summed E-state index contributed by atoms with van der Waals surface area (Å²) in [6, 6.07) is 3.47. The van der Waals surface area contributed by atoms with E-state index in [4.69, 9.17) is 9.84 Å². The highest BCUT2D eigenvalue weighted by molar-refractivity contribution is 5.85. The van der Waals surface area contributed by atoms with Crippen molar-refractivity contribution in [3.05, 3.63) is 35.4 Å². The van der Waals surface area contributed by atoms with Crippen molar-refractivity contribution in [2.45, 2.75) is 25.9 Å². The summed E-state index contributed by atoms with van der Waals surface area (Å²) in [5.41, 5.74) is -0.747. The van der Waals surface area contributed by atoms with Crippen molar-refractivity contribution in [1.29, 1.82) is 0 Å². The van der Waals surface area contributed by atoms with E-state index in [9.17, 15) is 18.0 Å². The molecule has 0 amide bonds. The maximum absolute atomic E-state index is 12.9. The van der Waals surface area contributed by atoms with E-state index in [-0.39, 0.29) is 17.9 Å². The number of alkyl halides is 3. The lowest BCUT2D eigenvalue weighted by molar-refractivity contribution is -0.139. The van der Waals surface area contributed by atoms with Crippen molar-refractivity contribution in [1.82, 2.24) is 0 Å². The molecule has 0 fully saturated rings. The van der Waals surface area contributed by atoms with E-state index in [1.165, 1.54) is 12.1 Å². The number of carboxylic acid groups (broad SMARTS) is 1. The summed E-state index contributed by atoms with van der Waals surface area (Å²) in [5.74, 6) is -1.46.